The lowest BCUT2D eigenvalue weighted by atomic mass is 9.98. The first-order chi connectivity index (χ1) is 20.2. The van der Waals surface area contributed by atoms with Crippen molar-refractivity contribution in [3.8, 4) is 28.4 Å². The van der Waals surface area contributed by atoms with Crippen LogP contribution in [-0.4, -0.2) is 37.1 Å². The van der Waals surface area contributed by atoms with E-state index in [1.54, 1.807) is 0 Å². The van der Waals surface area contributed by atoms with Crippen LogP contribution in [0.4, 0.5) is 0 Å². The Morgan fingerprint density at radius 3 is 2.40 bits per heavy atom. The van der Waals surface area contributed by atoms with Gasteiger partial charge in [-0.05, 0) is 87.2 Å². The summed E-state index contributed by atoms with van der Waals surface area (Å²) in [4.78, 5) is 22.6. The van der Waals surface area contributed by atoms with Crippen LogP contribution in [0.15, 0.2) is 91.3 Å². The molecule has 3 aromatic carbocycles. The molecule has 7 nitrogen and oxygen atoms in total. The summed E-state index contributed by atoms with van der Waals surface area (Å²) in [6.45, 7) is 10.8. The van der Waals surface area contributed by atoms with E-state index in [-0.39, 0.29) is 5.97 Å². The van der Waals surface area contributed by atoms with Gasteiger partial charge >= 0.3 is 5.97 Å². The third-order valence-corrected chi connectivity index (χ3v) is 7.09. The zero-order valence-corrected chi connectivity index (χ0v) is 24.6. The second-order valence-electron chi connectivity index (χ2n) is 11.4. The summed E-state index contributed by atoms with van der Waals surface area (Å²) in [5.41, 5.74) is 8.67. The van der Waals surface area contributed by atoms with Gasteiger partial charge in [0.1, 0.15) is 11.2 Å². The summed E-state index contributed by atoms with van der Waals surface area (Å²) in [6, 6.07) is 26.7. The zero-order chi connectivity index (χ0) is 29.4. The normalized spacial score (nSPS) is 11.7. The number of benzene rings is 3. The van der Waals surface area contributed by atoms with Crippen LogP contribution in [0.25, 0.3) is 39.1 Å². The van der Waals surface area contributed by atoms with Crippen LogP contribution in [-0.2, 0) is 11.3 Å². The maximum Gasteiger partial charge on any atom is 0.339 e. The number of aryl methyl sites for hydroxylation is 1. The van der Waals surface area contributed by atoms with E-state index in [9.17, 15) is 4.79 Å². The predicted octanol–water partition coefficient (Wildman–Crippen LogP) is 7.73. The number of imidazole rings is 2. The molecule has 0 atom stereocenters. The van der Waals surface area contributed by atoms with Crippen molar-refractivity contribution in [2.24, 2.45) is 0 Å². The third-order valence-electron chi connectivity index (χ3n) is 7.09. The number of ether oxygens (including phenoxy) is 2. The molecule has 7 heteroatoms. The van der Waals surface area contributed by atoms with E-state index in [0.29, 0.717) is 24.7 Å². The molecule has 0 saturated carbocycles. The van der Waals surface area contributed by atoms with E-state index < -0.39 is 5.60 Å². The van der Waals surface area contributed by atoms with E-state index in [2.05, 4.69) is 35.8 Å². The number of aromatic nitrogens is 4. The SMILES string of the molecule is CCOc1nc2c(C)cc(-c3cn4ccccc4n3)cc2n1Cc1ccc(-c2ccccc2C(=O)OC(C)(C)C)cc1. The van der Waals surface area contributed by atoms with Gasteiger partial charge in [-0.3, -0.25) is 4.57 Å². The minimum Gasteiger partial charge on any atom is -0.465 e. The van der Waals surface area contributed by atoms with Crippen LogP contribution in [0, 0.1) is 6.92 Å². The van der Waals surface area contributed by atoms with E-state index in [0.717, 1.165) is 50.2 Å². The highest BCUT2D eigenvalue weighted by atomic mass is 16.6. The third kappa shape index (κ3) is 5.38. The summed E-state index contributed by atoms with van der Waals surface area (Å²) in [7, 11) is 0. The quantitative estimate of drug-likeness (QED) is 0.188. The fourth-order valence-corrected chi connectivity index (χ4v) is 5.20. The van der Waals surface area contributed by atoms with Gasteiger partial charge in [0.05, 0.1) is 35.4 Å². The monoisotopic (exact) mass is 558 g/mol. The molecule has 6 aromatic rings. The first-order valence-corrected chi connectivity index (χ1v) is 14.2. The van der Waals surface area contributed by atoms with Crippen molar-refractivity contribution in [3.05, 3.63) is 108 Å². The maximum absolute atomic E-state index is 12.9. The van der Waals surface area contributed by atoms with Crippen molar-refractivity contribution in [3.63, 3.8) is 0 Å². The molecular weight excluding hydrogens is 524 g/mol. The van der Waals surface area contributed by atoms with E-state index in [1.165, 1.54) is 0 Å². The number of pyridine rings is 1. The summed E-state index contributed by atoms with van der Waals surface area (Å²) >= 11 is 0. The van der Waals surface area contributed by atoms with Crippen molar-refractivity contribution in [2.75, 3.05) is 6.61 Å². The Labute approximate surface area is 245 Å². The first-order valence-electron chi connectivity index (χ1n) is 14.2. The summed E-state index contributed by atoms with van der Waals surface area (Å²) in [5.74, 6) is -0.329. The van der Waals surface area contributed by atoms with E-state index in [1.807, 2.05) is 99.1 Å². The smallest absolute Gasteiger partial charge is 0.339 e. The minimum absolute atomic E-state index is 0.329. The second-order valence-corrected chi connectivity index (χ2v) is 11.4. The number of hydrogen-bond acceptors (Lipinski definition) is 5. The molecule has 0 aliphatic carbocycles. The lowest BCUT2D eigenvalue weighted by Gasteiger charge is -2.20. The highest BCUT2D eigenvalue weighted by Crippen LogP contribution is 2.32. The lowest BCUT2D eigenvalue weighted by Crippen LogP contribution is -2.24. The van der Waals surface area contributed by atoms with Crippen molar-refractivity contribution in [2.45, 2.75) is 46.8 Å². The molecule has 0 radical (unpaired) electrons. The molecule has 0 fully saturated rings. The van der Waals surface area contributed by atoms with Gasteiger partial charge in [0.15, 0.2) is 0 Å². The second kappa shape index (κ2) is 10.8. The maximum atomic E-state index is 12.9. The molecule has 3 aromatic heterocycles. The van der Waals surface area contributed by atoms with Crippen LogP contribution in [0.1, 0.15) is 49.2 Å². The van der Waals surface area contributed by atoms with Crippen molar-refractivity contribution < 1.29 is 14.3 Å². The van der Waals surface area contributed by atoms with Crippen LogP contribution < -0.4 is 4.74 Å². The van der Waals surface area contributed by atoms with Crippen LogP contribution in [0.2, 0.25) is 0 Å². The Morgan fingerprint density at radius 2 is 1.67 bits per heavy atom. The summed E-state index contributed by atoms with van der Waals surface area (Å²) in [5, 5.41) is 0. The number of nitrogens with zero attached hydrogens (tertiary/aromatic N) is 4. The predicted molar refractivity (Wildman–Crippen MR) is 166 cm³/mol. The zero-order valence-electron chi connectivity index (χ0n) is 24.6. The Bertz CT molecular complexity index is 1880. The van der Waals surface area contributed by atoms with Crippen molar-refractivity contribution >= 4 is 22.6 Å². The molecular formula is C35H34N4O3. The number of fused-ring (bicyclic) bond motifs is 2. The molecule has 0 N–H and O–H groups in total. The lowest BCUT2D eigenvalue weighted by molar-refractivity contribution is 0.00704. The van der Waals surface area contributed by atoms with Gasteiger partial charge in [-0.15, -0.1) is 0 Å². The molecule has 0 aliphatic heterocycles. The van der Waals surface area contributed by atoms with Gasteiger partial charge in [0.25, 0.3) is 6.01 Å². The molecule has 0 bridgehead atoms. The molecule has 0 unspecified atom stereocenters. The van der Waals surface area contributed by atoms with Gasteiger partial charge in [0.2, 0.25) is 0 Å². The molecule has 42 heavy (non-hydrogen) atoms. The van der Waals surface area contributed by atoms with Gasteiger partial charge in [0, 0.05) is 18.0 Å². The molecule has 0 amide bonds. The van der Waals surface area contributed by atoms with Gasteiger partial charge in [-0.2, -0.15) is 4.98 Å². The fourth-order valence-electron chi connectivity index (χ4n) is 5.20. The Kier molecular flexibility index (Phi) is 7.02. The van der Waals surface area contributed by atoms with E-state index >= 15 is 0 Å². The van der Waals surface area contributed by atoms with Crippen LogP contribution >= 0.6 is 0 Å². The largest absolute Gasteiger partial charge is 0.465 e. The Morgan fingerprint density at radius 1 is 0.905 bits per heavy atom. The topological polar surface area (TPSA) is 70.7 Å². The van der Waals surface area contributed by atoms with E-state index in [4.69, 9.17) is 19.4 Å². The number of rotatable bonds is 7. The highest BCUT2D eigenvalue weighted by molar-refractivity contribution is 5.97. The highest BCUT2D eigenvalue weighted by Gasteiger charge is 2.21. The molecule has 0 saturated heterocycles. The molecule has 3 heterocycles. The van der Waals surface area contributed by atoms with Gasteiger partial charge in [-0.25, -0.2) is 9.78 Å². The van der Waals surface area contributed by atoms with Gasteiger partial charge < -0.3 is 13.9 Å². The van der Waals surface area contributed by atoms with Crippen molar-refractivity contribution in [1.82, 2.24) is 18.9 Å². The van der Waals surface area contributed by atoms with Crippen LogP contribution in [0.5, 0.6) is 6.01 Å². The minimum atomic E-state index is -0.566. The molecule has 0 aliphatic rings. The number of carbonyl (C=O) groups excluding carboxylic acids is 1. The number of carbonyl (C=O) groups is 1. The standard InChI is InChI=1S/C35H34N4O3/c1-6-41-34-37-32-23(2)19-26(29-22-38-18-10-9-13-31(38)36-29)20-30(32)39(34)21-24-14-16-25(17-15-24)27-11-7-8-12-28(27)33(40)42-35(3,4)5/h7-20,22H,6,21H2,1-5H3. The Hall–Kier alpha value is -4.91. The first kappa shape index (κ1) is 27.3. The average Bonchev–Trinajstić information content (AvgIpc) is 3.55. The molecule has 212 valence electrons. The van der Waals surface area contributed by atoms with Crippen molar-refractivity contribution in [1.29, 1.82) is 0 Å². The molecule has 0 spiro atoms. The van der Waals surface area contributed by atoms with Gasteiger partial charge in [-0.1, -0.05) is 48.5 Å². The summed E-state index contributed by atoms with van der Waals surface area (Å²) in [6.07, 6.45) is 4.05. The average molecular weight is 559 g/mol. The number of esters is 1. The van der Waals surface area contributed by atoms with Crippen LogP contribution in [0.3, 0.4) is 0 Å². The Balaban J connectivity index is 1.36. The molecule has 6 rings (SSSR count). The summed E-state index contributed by atoms with van der Waals surface area (Å²) < 4.78 is 15.8. The fraction of sp³-hybridized carbons (Fsp3) is 0.229. The number of hydrogen-bond donors (Lipinski definition) is 0.